The van der Waals surface area contributed by atoms with Gasteiger partial charge in [0, 0.05) is 47.4 Å². The Morgan fingerprint density at radius 1 is 1.24 bits per heavy atom. The Labute approximate surface area is 204 Å². The number of halogens is 1. The number of fused-ring (bicyclic) bond motifs is 1. The number of morpholine rings is 1. The van der Waals surface area contributed by atoms with Crippen LogP contribution in [0, 0.1) is 17.2 Å². The number of ether oxygens (including phenoxy) is 3. The molecule has 11 heteroatoms. The van der Waals surface area contributed by atoms with Crippen molar-refractivity contribution in [2.24, 2.45) is 11.7 Å². The van der Waals surface area contributed by atoms with Crippen LogP contribution < -0.4 is 21.3 Å². The molecule has 3 aliphatic rings. The Hall–Kier alpha value is -3.17. The number of aromatic nitrogens is 1. The summed E-state index contributed by atoms with van der Waals surface area (Å²) in [5, 5.41) is 10.1. The van der Waals surface area contributed by atoms with Crippen LogP contribution in [0.5, 0.6) is 5.75 Å². The largest absolute Gasteiger partial charge is 0.458 e. The lowest BCUT2D eigenvalue weighted by molar-refractivity contribution is 0.0330. The molecule has 4 atom stereocenters. The number of nitrogens with zero attached hydrogens (tertiary/aromatic N) is 3. The van der Waals surface area contributed by atoms with Gasteiger partial charge >= 0.3 is 6.09 Å². The minimum absolute atomic E-state index is 0.0452. The molecule has 0 aliphatic carbocycles. The van der Waals surface area contributed by atoms with Gasteiger partial charge in [0.15, 0.2) is 6.23 Å². The van der Waals surface area contributed by atoms with Gasteiger partial charge in [0.1, 0.15) is 11.8 Å². The third-order valence-electron chi connectivity index (χ3n) is 6.29. The Balaban J connectivity index is 1.57. The predicted molar refractivity (Wildman–Crippen MR) is 124 cm³/mol. The molecule has 4 heterocycles. The number of amides is 1. The first-order chi connectivity index (χ1) is 16.6. The van der Waals surface area contributed by atoms with Crippen LogP contribution in [0.15, 0.2) is 58.7 Å². The van der Waals surface area contributed by atoms with Crippen LogP contribution >= 0.6 is 15.9 Å². The van der Waals surface area contributed by atoms with Crippen molar-refractivity contribution in [3.8, 4) is 11.8 Å². The second-order valence-corrected chi connectivity index (χ2v) is 9.10. The first kappa shape index (κ1) is 22.6. The molecule has 4 unspecified atom stereocenters. The van der Waals surface area contributed by atoms with E-state index in [9.17, 15) is 10.1 Å². The summed E-state index contributed by atoms with van der Waals surface area (Å²) in [6, 6.07) is 11.2. The Kier molecular flexibility index (Phi) is 6.38. The molecule has 0 bridgehead atoms. The fourth-order valence-corrected chi connectivity index (χ4v) is 5.06. The number of carbonyl (C=O) groups is 1. The van der Waals surface area contributed by atoms with E-state index >= 15 is 0 Å². The molecule has 2 aromatic rings. The SMILES string of the molecule is N#CC1=C(N)OC2NNC(c3ccncc3)C2C1c1cc(Br)ccc1OC(=O)N1CCOCC1. The van der Waals surface area contributed by atoms with Gasteiger partial charge in [-0.05, 0) is 35.9 Å². The van der Waals surface area contributed by atoms with Crippen molar-refractivity contribution >= 4 is 22.0 Å². The van der Waals surface area contributed by atoms with Crippen molar-refractivity contribution in [3.63, 3.8) is 0 Å². The van der Waals surface area contributed by atoms with Crippen LogP contribution in [0.3, 0.4) is 0 Å². The van der Waals surface area contributed by atoms with Crippen LogP contribution in [0.25, 0.3) is 0 Å². The monoisotopic (exact) mass is 526 g/mol. The number of nitrogens with two attached hydrogens (primary N) is 1. The van der Waals surface area contributed by atoms with Crippen LogP contribution in [-0.2, 0) is 9.47 Å². The average Bonchev–Trinajstić information content (AvgIpc) is 3.28. The molecule has 5 rings (SSSR count). The summed E-state index contributed by atoms with van der Waals surface area (Å²) >= 11 is 3.53. The standard InChI is InChI=1S/C23H23BrN6O4/c24-14-1-2-17(33-23(31)30-7-9-32-10-8-30)15(11-14)18-16(12-25)21(26)34-22-19(18)20(28-29-22)13-3-5-27-6-4-13/h1-6,11,18-20,22,28-29H,7-10,26H2. The third kappa shape index (κ3) is 4.21. The average molecular weight is 527 g/mol. The van der Waals surface area contributed by atoms with Gasteiger partial charge in [0.05, 0.1) is 24.8 Å². The second-order valence-electron chi connectivity index (χ2n) is 8.18. The molecule has 4 N–H and O–H groups in total. The molecule has 3 aliphatic heterocycles. The summed E-state index contributed by atoms with van der Waals surface area (Å²) in [4.78, 5) is 18.6. The maximum absolute atomic E-state index is 12.9. The predicted octanol–water partition coefficient (Wildman–Crippen LogP) is 2.27. The van der Waals surface area contributed by atoms with Gasteiger partial charge in [-0.3, -0.25) is 4.98 Å². The molecular formula is C23H23BrN6O4. The summed E-state index contributed by atoms with van der Waals surface area (Å²) in [5.41, 5.74) is 14.5. The van der Waals surface area contributed by atoms with Crippen LogP contribution in [0.2, 0.25) is 0 Å². The van der Waals surface area contributed by atoms with Gasteiger partial charge in [0.25, 0.3) is 0 Å². The van der Waals surface area contributed by atoms with E-state index in [4.69, 9.17) is 19.9 Å². The summed E-state index contributed by atoms with van der Waals surface area (Å²) in [6.45, 7) is 1.85. The quantitative estimate of drug-likeness (QED) is 0.550. The summed E-state index contributed by atoms with van der Waals surface area (Å²) in [6.07, 6.45) is 2.47. The number of pyridine rings is 1. The number of hydrogen-bond acceptors (Lipinski definition) is 9. The van der Waals surface area contributed by atoms with Crippen LogP contribution in [-0.4, -0.2) is 48.5 Å². The molecule has 1 aromatic heterocycles. The van der Waals surface area contributed by atoms with E-state index in [-0.39, 0.29) is 23.4 Å². The Morgan fingerprint density at radius 3 is 2.74 bits per heavy atom. The number of hydrazine groups is 1. The van der Waals surface area contributed by atoms with Crippen LogP contribution in [0.1, 0.15) is 23.1 Å². The first-order valence-electron chi connectivity index (χ1n) is 10.9. The van der Waals surface area contributed by atoms with Gasteiger partial charge in [0.2, 0.25) is 5.88 Å². The van der Waals surface area contributed by atoms with Crippen molar-refractivity contribution < 1.29 is 19.0 Å². The third-order valence-corrected chi connectivity index (χ3v) is 6.78. The Bertz CT molecular complexity index is 1150. The highest BCUT2D eigenvalue weighted by Crippen LogP contribution is 2.49. The molecule has 0 spiro atoms. The van der Waals surface area contributed by atoms with Crippen molar-refractivity contribution in [1.29, 1.82) is 5.26 Å². The zero-order valence-corrected chi connectivity index (χ0v) is 19.7. The van der Waals surface area contributed by atoms with E-state index in [2.05, 4.69) is 37.8 Å². The number of benzene rings is 1. The van der Waals surface area contributed by atoms with E-state index in [1.807, 2.05) is 18.2 Å². The molecule has 1 aromatic carbocycles. The molecule has 1 amide bonds. The normalized spacial score (nSPS) is 26.4. The van der Waals surface area contributed by atoms with Crippen LogP contribution in [0.4, 0.5) is 4.79 Å². The number of carbonyl (C=O) groups excluding carboxylic acids is 1. The smallest absolute Gasteiger partial charge is 0.415 e. The zero-order chi connectivity index (χ0) is 23.7. The molecule has 176 valence electrons. The Morgan fingerprint density at radius 2 is 2.00 bits per heavy atom. The minimum atomic E-state index is -0.505. The fourth-order valence-electron chi connectivity index (χ4n) is 4.68. The zero-order valence-electron chi connectivity index (χ0n) is 18.1. The first-order valence-corrected chi connectivity index (χ1v) is 11.7. The fraction of sp³-hybridized carbons (Fsp3) is 0.348. The second kappa shape index (κ2) is 9.60. The maximum Gasteiger partial charge on any atom is 0.415 e. The van der Waals surface area contributed by atoms with Crippen molar-refractivity contribution in [1.82, 2.24) is 20.7 Å². The van der Waals surface area contributed by atoms with E-state index in [1.165, 1.54) is 0 Å². The minimum Gasteiger partial charge on any atom is -0.458 e. The molecular weight excluding hydrogens is 504 g/mol. The lowest BCUT2D eigenvalue weighted by Crippen LogP contribution is -2.43. The lowest BCUT2D eigenvalue weighted by Gasteiger charge is -2.36. The topological polar surface area (TPSA) is 135 Å². The van der Waals surface area contributed by atoms with E-state index < -0.39 is 18.2 Å². The number of nitrogens with one attached hydrogen (secondary N) is 2. The molecule has 34 heavy (non-hydrogen) atoms. The number of hydrogen-bond donors (Lipinski definition) is 3. The highest BCUT2D eigenvalue weighted by atomic mass is 79.9. The number of rotatable bonds is 3. The number of allylic oxidation sites excluding steroid dienone is 1. The summed E-state index contributed by atoms with van der Waals surface area (Å²) in [5.74, 6) is -0.357. The van der Waals surface area contributed by atoms with E-state index in [0.717, 1.165) is 10.0 Å². The number of nitriles is 1. The van der Waals surface area contributed by atoms with E-state index in [1.54, 1.807) is 29.4 Å². The van der Waals surface area contributed by atoms with Crippen molar-refractivity contribution in [2.75, 3.05) is 26.3 Å². The molecule has 0 saturated carbocycles. The van der Waals surface area contributed by atoms with Gasteiger partial charge in [-0.15, -0.1) is 0 Å². The molecule has 2 fully saturated rings. The van der Waals surface area contributed by atoms with Gasteiger partial charge < -0.3 is 24.8 Å². The van der Waals surface area contributed by atoms with E-state index in [0.29, 0.717) is 37.6 Å². The molecule has 2 saturated heterocycles. The summed E-state index contributed by atoms with van der Waals surface area (Å²) < 4.78 is 17.8. The summed E-state index contributed by atoms with van der Waals surface area (Å²) in [7, 11) is 0. The van der Waals surface area contributed by atoms with Crippen molar-refractivity contribution in [3.05, 3.63) is 69.8 Å². The van der Waals surface area contributed by atoms with Gasteiger partial charge in [-0.25, -0.2) is 15.6 Å². The highest BCUT2D eigenvalue weighted by molar-refractivity contribution is 9.10. The highest BCUT2D eigenvalue weighted by Gasteiger charge is 2.50. The molecule has 0 radical (unpaired) electrons. The maximum atomic E-state index is 12.9. The van der Waals surface area contributed by atoms with Gasteiger partial charge in [-0.2, -0.15) is 5.26 Å². The van der Waals surface area contributed by atoms with Gasteiger partial charge in [-0.1, -0.05) is 15.9 Å². The lowest BCUT2D eigenvalue weighted by atomic mass is 9.74. The van der Waals surface area contributed by atoms with Crippen molar-refractivity contribution in [2.45, 2.75) is 18.2 Å². The molecule has 10 nitrogen and oxygen atoms in total.